The number of aryl methyl sites for hydroxylation is 4. The number of benzene rings is 3. The molecule has 5 nitrogen and oxygen atoms in total. The molecule has 3 aromatic rings. The first-order chi connectivity index (χ1) is 15.2. The van der Waals surface area contributed by atoms with E-state index in [1.54, 1.807) is 25.1 Å². The van der Waals surface area contributed by atoms with Gasteiger partial charge in [-0.2, -0.15) is 0 Å². The molecule has 0 heterocycles. The highest BCUT2D eigenvalue weighted by molar-refractivity contribution is 7.92. The summed E-state index contributed by atoms with van der Waals surface area (Å²) in [7, 11) is -3.83. The largest absolute Gasteiger partial charge is 0.352 e. The van der Waals surface area contributed by atoms with Crippen LogP contribution in [0.1, 0.15) is 44.6 Å². The Kier molecular flexibility index (Phi) is 7.36. The second-order valence-corrected chi connectivity index (χ2v) is 9.83. The lowest BCUT2D eigenvalue weighted by molar-refractivity contribution is 0.0953. The normalized spacial score (nSPS) is 11.2. The molecule has 0 saturated carbocycles. The lowest BCUT2D eigenvalue weighted by Gasteiger charge is -2.14. The van der Waals surface area contributed by atoms with Crippen LogP contribution in [0.15, 0.2) is 65.6 Å². The fourth-order valence-electron chi connectivity index (χ4n) is 3.56. The Balaban J connectivity index is 1.68. The van der Waals surface area contributed by atoms with Gasteiger partial charge in [-0.1, -0.05) is 48.0 Å². The summed E-state index contributed by atoms with van der Waals surface area (Å²) in [4.78, 5) is 12.7. The molecule has 6 heteroatoms. The van der Waals surface area contributed by atoms with Crippen molar-refractivity contribution in [3.63, 3.8) is 0 Å². The maximum absolute atomic E-state index is 13.1. The van der Waals surface area contributed by atoms with E-state index in [0.29, 0.717) is 23.4 Å². The number of rotatable bonds is 8. The van der Waals surface area contributed by atoms with Crippen molar-refractivity contribution in [2.45, 2.75) is 45.4 Å². The highest BCUT2D eigenvalue weighted by atomic mass is 32.2. The number of nitrogens with one attached hydrogen (secondary N) is 2. The molecule has 0 aliphatic rings. The maximum atomic E-state index is 13.1. The molecular weight excluding hydrogens is 420 g/mol. The molecule has 0 fully saturated rings. The third kappa shape index (κ3) is 5.77. The molecule has 0 unspecified atom stereocenters. The lowest BCUT2D eigenvalue weighted by atomic mass is 10.1. The van der Waals surface area contributed by atoms with Gasteiger partial charge in [0.05, 0.1) is 10.6 Å². The van der Waals surface area contributed by atoms with Gasteiger partial charge in [-0.25, -0.2) is 8.42 Å². The first kappa shape index (κ1) is 23.5. The van der Waals surface area contributed by atoms with Crippen LogP contribution < -0.4 is 10.0 Å². The Morgan fingerprint density at radius 3 is 2.38 bits per heavy atom. The van der Waals surface area contributed by atoms with Crippen molar-refractivity contribution in [1.82, 2.24) is 5.32 Å². The molecule has 0 radical (unpaired) electrons. The fourth-order valence-corrected chi connectivity index (χ4v) is 4.95. The minimum atomic E-state index is -3.83. The standard InChI is InChI=1S/C26H30N2O3S/c1-18-8-5-10-22(16-18)11-7-15-27-26(29)23-14-13-20(3)25(17-23)32(30,31)28-24-12-6-9-19(2)21(24)4/h5-6,8-10,12-14,16-17,28H,7,11,15H2,1-4H3,(H,27,29). The van der Waals surface area contributed by atoms with Crippen LogP contribution in [-0.2, 0) is 16.4 Å². The Morgan fingerprint density at radius 2 is 1.62 bits per heavy atom. The van der Waals surface area contributed by atoms with E-state index in [-0.39, 0.29) is 10.8 Å². The summed E-state index contributed by atoms with van der Waals surface area (Å²) < 4.78 is 28.8. The van der Waals surface area contributed by atoms with Gasteiger partial charge in [0.2, 0.25) is 0 Å². The van der Waals surface area contributed by atoms with E-state index < -0.39 is 10.0 Å². The first-order valence-electron chi connectivity index (χ1n) is 10.7. The number of hydrogen-bond donors (Lipinski definition) is 2. The highest BCUT2D eigenvalue weighted by Gasteiger charge is 2.20. The molecule has 0 aliphatic carbocycles. The number of amides is 1. The van der Waals surface area contributed by atoms with Gasteiger partial charge in [-0.3, -0.25) is 9.52 Å². The van der Waals surface area contributed by atoms with E-state index in [2.05, 4.69) is 35.2 Å². The van der Waals surface area contributed by atoms with Crippen LogP contribution in [0.2, 0.25) is 0 Å². The zero-order valence-electron chi connectivity index (χ0n) is 19.0. The predicted molar refractivity (Wildman–Crippen MR) is 130 cm³/mol. The summed E-state index contributed by atoms with van der Waals surface area (Å²) in [5, 5.41) is 2.89. The maximum Gasteiger partial charge on any atom is 0.262 e. The van der Waals surface area contributed by atoms with Crippen LogP contribution in [-0.4, -0.2) is 20.9 Å². The van der Waals surface area contributed by atoms with Gasteiger partial charge in [0, 0.05) is 12.1 Å². The summed E-state index contributed by atoms with van der Waals surface area (Å²) in [6.45, 7) is 8.11. The van der Waals surface area contributed by atoms with Crippen molar-refractivity contribution in [2.24, 2.45) is 0 Å². The minimum absolute atomic E-state index is 0.103. The van der Waals surface area contributed by atoms with Crippen LogP contribution in [0.5, 0.6) is 0 Å². The number of anilines is 1. The van der Waals surface area contributed by atoms with Crippen LogP contribution in [0, 0.1) is 27.7 Å². The van der Waals surface area contributed by atoms with Gasteiger partial charge in [-0.15, -0.1) is 0 Å². The Labute approximate surface area is 190 Å². The van der Waals surface area contributed by atoms with Crippen LogP contribution in [0.25, 0.3) is 0 Å². The SMILES string of the molecule is Cc1cccc(CCCNC(=O)c2ccc(C)c(S(=O)(=O)Nc3cccc(C)c3C)c2)c1. The van der Waals surface area contributed by atoms with Crippen LogP contribution >= 0.6 is 0 Å². The monoisotopic (exact) mass is 450 g/mol. The third-order valence-corrected chi connectivity index (χ3v) is 7.11. The van der Waals surface area contributed by atoms with Crippen molar-refractivity contribution < 1.29 is 13.2 Å². The zero-order chi connectivity index (χ0) is 23.3. The van der Waals surface area contributed by atoms with E-state index in [0.717, 1.165) is 24.0 Å². The van der Waals surface area contributed by atoms with Gasteiger partial charge in [-0.05, 0) is 81.0 Å². The van der Waals surface area contributed by atoms with Crippen LogP contribution in [0.4, 0.5) is 5.69 Å². The summed E-state index contributed by atoms with van der Waals surface area (Å²) in [6.07, 6.45) is 1.68. The van der Waals surface area contributed by atoms with Crippen molar-refractivity contribution in [2.75, 3.05) is 11.3 Å². The van der Waals surface area contributed by atoms with Crippen molar-refractivity contribution in [3.8, 4) is 0 Å². The molecule has 1 amide bonds. The van der Waals surface area contributed by atoms with Gasteiger partial charge in [0.15, 0.2) is 0 Å². The van der Waals surface area contributed by atoms with Gasteiger partial charge < -0.3 is 5.32 Å². The highest BCUT2D eigenvalue weighted by Crippen LogP contribution is 2.24. The minimum Gasteiger partial charge on any atom is -0.352 e. The molecule has 0 bridgehead atoms. The molecule has 3 aromatic carbocycles. The smallest absolute Gasteiger partial charge is 0.262 e. The number of carbonyl (C=O) groups excluding carboxylic acids is 1. The Morgan fingerprint density at radius 1 is 0.875 bits per heavy atom. The van der Waals surface area contributed by atoms with Crippen molar-refractivity contribution in [1.29, 1.82) is 0 Å². The van der Waals surface area contributed by atoms with Crippen molar-refractivity contribution >= 4 is 21.6 Å². The number of hydrogen-bond acceptors (Lipinski definition) is 3. The Hall–Kier alpha value is -3.12. The van der Waals surface area contributed by atoms with E-state index in [4.69, 9.17) is 0 Å². The van der Waals surface area contributed by atoms with Gasteiger partial charge in [0.1, 0.15) is 0 Å². The van der Waals surface area contributed by atoms with E-state index >= 15 is 0 Å². The third-order valence-electron chi connectivity index (χ3n) is 5.60. The zero-order valence-corrected chi connectivity index (χ0v) is 19.8. The fraction of sp³-hybridized carbons (Fsp3) is 0.269. The summed E-state index contributed by atoms with van der Waals surface area (Å²) >= 11 is 0. The average Bonchev–Trinajstić information content (AvgIpc) is 2.74. The van der Waals surface area contributed by atoms with E-state index in [9.17, 15) is 13.2 Å². The van der Waals surface area contributed by atoms with Crippen molar-refractivity contribution in [3.05, 3.63) is 94.0 Å². The summed E-state index contributed by atoms with van der Waals surface area (Å²) in [5.74, 6) is -0.280. The molecule has 0 aliphatic heterocycles. The quantitative estimate of drug-likeness (QED) is 0.470. The molecule has 0 spiro atoms. The molecule has 2 N–H and O–H groups in total. The Bertz CT molecular complexity index is 1230. The van der Waals surface area contributed by atoms with E-state index in [1.807, 2.05) is 32.0 Å². The van der Waals surface area contributed by atoms with Crippen LogP contribution in [0.3, 0.4) is 0 Å². The van der Waals surface area contributed by atoms with Gasteiger partial charge >= 0.3 is 0 Å². The lowest BCUT2D eigenvalue weighted by Crippen LogP contribution is -2.25. The summed E-state index contributed by atoms with van der Waals surface area (Å²) in [6, 6.07) is 18.6. The molecule has 32 heavy (non-hydrogen) atoms. The topological polar surface area (TPSA) is 75.3 Å². The average molecular weight is 451 g/mol. The molecule has 0 atom stereocenters. The predicted octanol–water partition coefficient (Wildman–Crippen LogP) is 5.08. The number of sulfonamides is 1. The molecule has 168 valence electrons. The van der Waals surface area contributed by atoms with E-state index in [1.165, 1.54) is 17.2 Å². The molecular formula is C26H30N2O3S. The van der Waals surface area contributed by atoms with Gasteiger partial charge in [0.25, 0.3) is 15.9 Å². The second-order valence-electron chi connectivity index (χ2n) is 8.18. The summed E-state index contributed by atoms with van der Waals surface area (Å²) in [5.41, 5.74) is 5.77. The molecule has 3 rings (SSSR count). The molecule has 0 saturated heterocycles. The molecule has 0 aromatic heterocycles. The first-order valence-corrected chi connectivity index (χ1v) is 12.2. The number of carbonyl (C=O) groups is 1. The second kappa shape index (κ2) is 10.0.